The van der Waals surface area contributed by atoms with Crippen LogP contribution in [0.15, 0.2) is 12.8 Å². The molecule has 0 radical (unpaired) electrons. The van der Waals surface area contributed by atoms with Crippen LogP contribution in [0.4, 0.5) is 0 Å². The van der Waals surface area contributed by atoms with Crippen molar-refractivity contribution in [3.8, 4) is 0 Å². The third-order valence-electron chi connectivity index (χ3n) is 8.25. The SMILES string of the molecule is C=COC(CCCCC)C1CCC(CCCCCCCCCCCCCCCCCC)CC1. The lowest BCUT2D eigenvalue weighted by Gasteiger charge is -2.33. The lowest BCUT2D eigenvalue weighted by atomic mass is 9.76. The molecule has 1 nitrogen and oxygen atoms in total. The van der Waals surface area contributed by atoms with E-state index in [0.29, 0.717) is 6.10 Å². The maximum Gasteiger partial charge on any atom is 0.101 e. The Bertz CT molecular complexity index is 395. The standard InChI is InChI=1S/C32H62O/c1-4-7-9-10-11-12-13-14-15-16-17-18-19-20-21-23-24-30-26-28-31(29-27-30)32(33-6-3)25-22-8-5-2/h6,30-32H,3-5,7-29H2,1-2H3. The first kappa shape index (κ1) is 30.6. The zero-order valence-corrected chi connectivity index (χ0v) is 23.1. The summed E-state index contributed by atoms with van der Waals surface area (Å²) in [5.41, 5.74) is 0. The highest BCUT2D eigenvalue weighted by atomic mass is 16.5. The molecule has 0 amide bonds. The molecule has 0 heterocycles. The largest absolute Gasteiger partial charge is 0.498 e. The van der Waals surface area contributed by atoms with Crippen LogP contribution in [0.2, 0.25) is 0 Å². The fourth-order valence-electron chi connectivity index (χ4n) is 5.96. The summed E-state index contributed by atoms with van der Waals surface area (Å²) >= 11 is 0. The molecule has 1 aliphatic carbocycles. The highest BCUT2D eigenvalue weighted by Crippen LogP contribution is 2.36. The second-order valence-corrected chi connectivity index (χ2v) is 11.2. The first-order chi connectivity index (χ1) is 16.3. The lowest BCUT2D eigenvalue weighted by molar-refractivity contribution is 0.0484. The molecule has 1 heteroatoms. The predicted molar refractivity (Wildman–Crippen MR) is 149 cm³/mol. The monoisotopic (exact) mass is 462 g/mol. The van der Waals surface area contributed by atoms with Gasteiger partial charge in [-0.05, 0) is 37.5 Å². The molecule has 33 heavy (non-hydrogen) atoms. The quantitative estimate of drug-likeness (QED) is 0.102. The smallest absolute Gasteiger partial charge is 0.101 e. The predicted octanol–water partition coefficient (Wildman–Crippen LogP) is 11.6. The van der Waals surface area contributed by atoms with Crippen molar-refractivity contribution in [3.05, 3.63) is 12.8 Å². The summed E-state index contributed by atoms with van der Waals surface area (Å²) in [5, 5.41) is 0. The molecular weight excluding hydrogens is 400 g/mol. The molecule has 1 unspecified atom stereocenters. The van der Waals surface area contributed by atoms with Gasteiger partial charge in [-0.15, -0.1) is 0 Å². The van der Waals surface area contributed by atoms with Crippen LogP contribution in [0.1, 0.15) is 174 Å². The Labute approximate surface area is 209 Å². The van der Waals surface area contributed by atoms with Gasteiger partial charge in [0.05, 0.1) is 6.26 Å². The molecule has 196 valence electrons. The molecule has 0 aliphatic heterocycles. The van der Waals surface area contributed by atoms with Crippen molar-refractivity contribution < 1.29 is 4.74 Å². The summed E-state index contributed by atoms with van der Waals surface area (Å²) < 4.78 is 5.92. The fraction of sp³-hybridized carbons (Fsp3) is 0.938. The number of hydrogen-bond acceptors (Lipinski definition) is 1. The molecule has 0 bridgehead atoms. The van der Waals surface area contributed by atoms with E-state index in [0.717, 1.165) is 11.8 Å². The zero-order chi connectivity index (χ0) is 23.8. The molecule has 0 aromatic heterocycles. The van der Waals surface area contributed by atoms with E-state index >= 15 is 0 Å². The van der Waals surface area contributed by atoms with Crippen molar-refractivity contribution in [3.63, 3.8) is 0 Å². The molecule has 0 N–H and O–H groups in total. The van der Waals surface area contributed by atoms with Crippen molar-refractivity contribution in [2.45, 2.75) is 180 Å². The molecule has 1 fully saturated rings. The van der Waals surface area contributed by atoms with E-state index in [-0.39, 0.29) is 0 Å². The van der Waals surface area contributed by atoms with Crippen LogP contribution in [0.5, 0.6) is 0 Å². The van der Waals surface area contributed by atoms with E-state index in [2.05, 4.69) is 20.4 Å². The van der Waals surface area contributed by atoms with Crippen molar-refractivity contribution >= 4 is 0 Å². The summed E-state index contributed by atoms with van der Waals surface area (Å²) in [6.45, 7) is 8.41. The summed E-state index contributed by atoms with van der Waals surface area (Å²) in [7, 11) is 0. The highest BCUT2D eigenvalue weighted by molar-refractivity contribution is 4.80. The molecule has 1 aliphatic rings. The summed E-state index contributed by atoms with van der Waals surface area (Å²) in [4.78, 5) is 0. The van der Waals surface area contributed by atoms with Gasteiger partial charge in [-0.25, -0.2) is 0 Å². The third kappa shape index (κ3) is 17.6. The summed E-state index contributed by atoms with van der Waals surface area (Å²) in [6, 6.07) is 0. The van der Waals surface area contributed by atoms with Gasteiger partial charge in [-0.3, -0.25) is 0 Å². The molecule has 0 spiro atoms. The third-order valence-corrected chi connectivity index (χ3v) is 8.25. The Hall–Kier alpha value is -0.460. The van der Waals surface area contributed by atoms with Crippen molar-refractivity contribution in [2.75, 3.05) is 0 Å². The molecule has 0 aromatic carbocycles. The second-order valence-electron chi connectivity index (χ2n) is 11.2. The number of rotatable bonds is 24. The van der Waals surface area contributed by atoms with Crippen molar-refractivity contribution in [1.29, 1.82) is 0 Å². The topological polar surface area (TPSA) is 9.23 Å². The Kier molecular flexibility index (Phi) is 21.6. The Morgan fingerprint density at radius 1 is 0.606 bits per heavy atom. The van der Waals surface area contributed by atoms with E-state index in [9.17, 15) is 0 Å². The van der Waals surface area contributed by atoms with Gasteiger partial charge in [-0.2, -0.15) is 0 Å². The lowest BCUT2D eigenvalue weighted by Crippen LogP contribution is -2.27. The van der Waals surface area contributed by atoms with Crippen LogP contribution >= 0.6 is 0 Å². The van der Waals surface area contributed by atoms with Crippen LogP contribution in [0.3, 0.4) is 0 Å². The van der Waals surface area contributed by atoms with Crippen LogP contribution in [-0.4, -0.2) is 6.10 Å². The molecule has 1 atom stereocenters. The van der Waals surface area contributed by atoms with Crippen LogP contribution < -0.4 is 0 Å². The van der Waals surface area contributed by atoms with Crippen LogP contribution in [0, 0.1) is 11.8 Å². The van der Waals surface area contributed by atoms with Crippen LogP contribution in [0.25, 0.3) is 0 Å². The Balaban J connectivity index is 1.87. The fourth-order valence-corrected chi connectivity index (χ4v) is 5.96. The molecule has 0 aromatic rings. The molecule has 1 saturated carbocycles. The maximum atomic E-state index is 5.92. The zero-order valence-electron chi connectivity index (χ0n) is 23.1. The van der Waals surface area contributed by atoms with Gasteiger partial charge >= 0.3 is 0 Å². The van der Waals surface area contributed by atoms with Gasteiger partial charge in [0.1, 0.15) is 6.10 Å². The molecule has 0 saturated heterocycles. The van der Waals surface area contributed by atoms with Crippen molar-refractivity contribution in [1.82, 2.24) is 0 Å². The average Bonchev–Trinajstić information content (AvgIpc) is 2.84. The van der Waals surface area contributed by atoms with Gasteiger partial charge < -0.3 is 4.74 Å². The highest BCUT2D eigenvalue weighted by Gasteiger charge is 2.27. The van der Waals surface area contributed by atoms with Gasteiger partial charge in [0.15, 0.2) is 0 Å². The maximum absolute atomic E-state index is 5.92. The van der Waals surface area contributed by atoms with Crippen LogP contribution in [-0.2, 0) is 4.74 Å². The molecule has 1 rings (SSSR count). The second kappa shape index (κ2) is 23.3. The summed E-state index contributed by atoms with van der Waals surface area (Å²) in [5.74, 6) is 1.77. The minimum Gasteiger partial charge on any atom is -0.498 e. The Morgan fingerprint density at radius 2 is 1.03 bits per heavy atom. The molecular formula is C32H62O. The number of ether oxygens (including phenoxy) is 1. The van der Waals surface area contributed by atoms with E-state index in [1.807, 2.05) is 0 Å². The Morgan fingerprint density at radius 3 is 1.48 bits per heavy atom. The van der Waals surface area contributed by atoms with Crippen molar-refractivity contribution in [2.24, 2.45) is 11.8 Å². The van der Waals surface area contributed by atoms with E-state index in [1.165, 1.54) is 161 Å². The normalized spacial score (nSPS) is 19.5. The van der Waals surface area contributed by atoms with E-state index < -0.39 is 0 Å². The number of unbranched alkanes of at least 4 members (excludes halogenated alkanes) is 17. The number of hydrogen-bond donors (Lipinski definition) is 0. The van der Waals surface area contributed by atoms with E-state index in [4.69, 9.17) is 4.74 Å². The first-order valence-corrected chi connectivity index (χ1v) is 15.6. The van der Waals surface area contributed by atoms with Gasteiger partial charge in [0.2, 0.25) is 0 Å². The summed E-state index contributed by atoms with van der Waals surface area (Å²) in [6.07, 6.45) is 37.9. The minimum absolute atomic E-state index is 0.436. The minimum atomic E-state index is 0.436. The average molecular weight is 463 g/mol. The van der Waals surface area contributed by atoms with Gasteiger partial charge in [0, 0.05) is 0 Å². The van der Waals surface area contributed by atoms with E-state index in [1.54, 1.807) is 6.26 Å². The first-order valence-electron chi connectivity index (χ1n) is 15.6. The van der Waals surface area contributed by atoms with Gasteiger partial charge in [0.25, 0.3) is 0 Å². The van der Waals surface area contributed by atoms with Gasteiger partial charge in [-0.1, -0.05) is 155 Å².